The Labute approximate surface area is 130 Å². The smallest absolute Gasteiger partial charge is 0.162 e. The predicted octanol–water partition coefficient (Wildman–Crippen LogP) is 5.01. The quantitative estimate of drug-likeness (QED) is 0.516. The van der Waals surface area contributed by atoms with Crippen LogP contribution in [0.25, 0.3) is 0 Å². The van der Waals surface area contributed by atoms with E-state index in [1.165, 1.54) is 32.1 Å². The summed E-state index contributed by atoms with van der Waals surface area (Å²) < 4.78 is 6.72. The van der Waals surface area contributed by atoms with Gasteiger partial charge in [-0.2, -0.15) is 0 Å². The molecule has 1 aliphatic carbocycles. The second kappa shape index (κ2) is 8.58. The summed E-state index contributed by atoms with van der Waals surface area (Å²) in [4.78, 5) is 11.9. The second-order valence-electron chi connectivity index (χ2n) is 5.61. The zero-order chi connectivity index (χ0) is 14.2. The summed E-state index contributed by atoms with van der Waals surface area (Å²) in [5.41, 5.74) is 0.792. The Morgan fingerprint density at radius 1 is 1.15 bits per heavy atom. The largest absolute Gasteiger partial charge is 0.381 e. The van der Waals surface area contributed by atoms with Crippen molar-refractivity contribution in [3.05, 3.63) is 34.3 Å². The van der Waals surface area contributed by atoms with Crippen molar-refractivity contribution in [2.75, 3.05) is 13.2 Å². The number of carbonyl (C=O) groups excluding carboxylic acids is 1. The van der Waals surface area contributed by atoms with Gasteiger partial charge < -0.3 is 4.74 Å². The number of ketones is 1. The molecule has 0 atom stereocenters. The molecule has 2 rings (SSSR count). The van der Waals surface area contributed by atoms with Gasteiger partial charge in [0.15, 0.2) is 5.78 Å². The Morgan fingerprint density at radius 2 is 1.85 bits per heavy atom. The number of Topliss-reactive ketones (excluding diaryl/α,β-unsaturated/α-hetero) is 1. The van der Waals surface area contributed by atoms with E-state index in [9.17, 15) is 4.79 Å². The SMILES string of the molecule is O=C(CCCOCC1CCCCC1)c1ccc(Br)cc1. The van der Waals surface area contributed by atoms with E-state index in [-0.39, 0.29) is 5.78 Å². The number of hydrogen-bond donors (Lipinski definition) is 0. The third-order valence-electron chi connectivity index (χ3n) is 3.94. The Balaban J connectivity index is 1.58. The van der Waals surface area contributed by atoms with Gasteiger partial charge in [-0.05, 0) is 37.3 Å². The minimum Gasteiger partial charge on any atom is -0.381 e. The number of hydrogen-bond acceptors (Lipinski definition) is 2. The Hall–Kier alpha value is -0.670. The summed E-state index contributed by atoms with van der Waals surface area (Å²) >= 11 is 3.37. The molecule has 3 heteroatoms. The highest BCUT2D eigenvalue weighted by Gasteiger charge is 2.13. The summed E-state index contributed by atoms with van der Waals surface area (Å²) in [6.45, 7) is 1.59. The van der Waals surface area contributed by atoms with Gasteiger partial charge in [0.1, 0.15) is 0 Å². The normalized spacial score (nSPS) is 16.2. The van der Waals surface area contributed by atoms with Gasteiger partial charge >= 0.3 is 0 Å². The first-order chi connectivity index (χ1) is 9.75. The lowest BCUT2D eigenvalue weighted by Crippen LogP contribution is -2.14. The van der Waals surface area contributed by atoms with Crippen molar-refractivity contribution in [1.29, 1.82) is 0 Å². The van der Waals surface area contributed by atoms with Crippen LogP contribution in [-0.4, -0.2) is 19.0 Å². The Morgan fingerprint density at radius 3 is 2.55 bits per heavy atom. The van der Waals surface area contributed by atoms with Crippen LogP contribution >= 0.6 is 15.9 Å². The first kappa shape index (κ1) is 15.7. The molecule has 0 amide bonds. The summed E-state index contributed by atoms with van der Waals surface area (Å²) in [5, 5.41) is 0. The van der Waals surface area contributed by atoms with Crippen molar-refractivity contribution >= 4 is 21.7 Å². The molecule has 0 radical (unpaired) electrons. The fraction of sp³-hybridized carbons (Fsp3) is 0.588. The zero-order valence-electron chi connectivity index (χ0n) is 11.9. The second-order valence-corrected chi connectivity index (χ2v) is 6.53. The third kappa shape index (κ3) is 5.37. The number of rotatable bonds is 7. The summed E-state index contributed by atoms with van der Waals surface area (Å²) in [7, 11) is 0. The van der Waals surface area contributed by atoms with Crippen LogP contribution in [0.15, 0.2) is 28.7 Å². The fourth-order valence-corrected chi connectivity index (χ4v) is 2.98. The Kier molecular flexibility index (Phi) is 6.74. The van der Waals surface area contributed by atoms with Gasteiger partial charge in [0.2, 0.25) is 0 Å². The number of halogens is 1. The van der Waals surface area contributed by atoms with Crippen molar-refractivity contribution in [3.63, 3.8) is 0 Å². The summed E-state index contributed by atoms with van der Waals surface area (Å²) in [6, 6.07) is 7.56. The molecule has 110 valence electrons. The molecule has 0 aromatic heterocycles. The minimum absolute atomic E-state index is 0.207. The molecule has 1 aromatic rings. The van der Waals surface area contributed by atoms with Crippen LogP contribution in [0.4, 0.5) is 0 Å². The highest BCUT2D eigenvalue weighted by molar-refractivity contribution is 9.10. The van der Waals surface area contributed by atoms with Crippen LogP contribution in [0.3, 0.4) is 0 Å². The molecular weight excluding hydrogens is 316 g/mol. The van der Waals surface area contributed by atoms with Gasteiger partial charge in [-0.3, -0.25) is 4.79 Å². The van der Waals surface area contributed by atoms with Crippen LogP contribution in [0.1, 0.15) is 55.3 Å². The standard InChI is InChI=1S/C17H23BrO2/c18-16-10-8-15(9-11-16)17(19)7-4-12-20-13-14-5-2-1-3-6-14/h8-11,14H,1-7,12-13H2. The number of benzene rings is 1. The summed E-state index contributed by atoms with van der Waals surface area (Å²) in [6.07, 6.45) is 8.13. The molecular formula is C17H23BrO2. The van der Waals surface area contributed by atoms with E-state index in [4.69, 9.17) is 4.74 Å². The van der Waals surface area contributed by atoms with Crippen molar-refractivity contribution < 1.29 is 9.53 Å². The molecule has 0 bridgehead atoms. The van der Waals surface area contributed by atoms with Gasteiger partial charge in [-0.25, -0.2) is 0 Å². The predicted molar refractivity (Wildman–Crippen MR) is 85.1 cm³/mol. The molecule has 1 saturated carbocycles. The fourth-order valence-electron chi connectivity index (χ4n) is 2.72. The first-order valence-corrected chi connectivity index (χ1v) is 8.41. The van der Waals surface area contributed by atoms with Crippen LogP contribution in [-0.2, 0) is 4.74 Å². The molecule has 0 N–H and O–H groups in total. The lowest BCUT2D eigenvalue weighted by molar-refractivity contribution is 0.0780. The van der Waals surface area contributed by atoms with Gasteiger partial charge in [-0.15, -0.1) is 0 Å². The maximum absolute atomic E-state index is 11.9. The van der Waals surface area contributed by atoms with Crippen LogP contribution in [0.2, 0.25) is 0 Å². The highest BCUT2D eigenvalue weighted by atomic mass is 79.9. The van der Waals surface area contributed by atoms with Gasteiger partial charge in [-0.1, -0.05) is 47.3 Å². The Bertz CT molecular complexity index is 408. The van der Waals surface area contributed by atoms with Gasteiger partial charge in [0.05, 0.1) is 0 Å². The van der Waals surface area contributed by atoms with E-state index < -0.39 is 0 Å². The van der Waals surface area contributed by atoms with Crippen molar-refractivity contribution in [2.45, 2.75) is 44.9 Å². The monoisotopic (exact) mass is 338 g/mol. The zero-order valence-corrected chi connectivity index (χ0v) is 13.5. The van der Waals surface area contributed by atoms with Crippen molar-refractivity contribution in [1.82, 2.24) is 0 Å². The molecule has 0 heterocycles. The molecule has 0 unspecified atom stereocenters. The van der Waals surface area contributed by atoms with E-state index in [0.717, 1.165) is 29.0 Å². The minimum atomic E-state index is 0.207. The van der Waals surface area contributed by atoms with Gasteiger partial charge in [0.25, 0.3) is 0 Å². The first-order valence-electron chi connectivity index (χ1n) is 7.62. The molecule has 2 nitrogen and oxygen atoms in total. The molecule has 20 heavy (non-hydrogen) atoms. The van der Waals surface area contributed by atoms with Crippen molar-refractivity contribution in [3.8, 4) is 0 Å². The molecule has 0 aliphatic heterocycles. The maximum atomic E-state index is 11.9. The molecule has 1 aliphatic rings. The van der Waals surface area contributed by atoms with E-state index in [1.54, 1.807) is 0 Å². The average molecular weight is 339 g/mol. The van der Waals surface area contributed by atoms with Crippen LogP contribution < -0.4 is 0 Å². The van der Waals surface area contributed by atoms with E-state index in [1.807, 2.05) is 24.3 Å². The highest BCUT2D eigenvalue weighted by Crippen LogP contribution is 2.23. The van der Waals surface area contributed by atoms with E-state index in [2.05, 4.69) is 15.9 Å². The lowest BCUT2D eigenvalue weighted by Gasteiger charge is -2.21. The van der Waals surface area contributed by atoms with E-state index in [0.29, 0.717) is 13.0 Å². The summed E-state index contributed by atoms with van der Waals surface area (Å²) in [5.74, 6) is 0.963. The molecule has 1 aromatic carbocycles. The van der Waals surface area contributed by atoms with Crippen LogP contribution in [0, 0.1) is 5.92 Å². The average Bonchev–Trinajstić information content (AvgIpc) is 2.48. The lowest BCUT2D eigenvalue weighted by atomic mass is 9.90. The third-order valence-corrected chi connectivity index (χ3v) is 4.47. The van der Waals surface area contributed by atoms with Crippen LogP contribution in [0.5, 0.6) is 0 Å². The molecule has 1 fully saturated rings. The number of ether oxygens (including phenoxy) is 1. The maximum Gasteiger partial charge on any atom is 0.162 e. The molecule has 0 saturated heterocycles. The van der Waals surface area contributed by atoms with E-state index >= 15 is 0 Å². The van der Waals surface area contributed by atoms with Gasteiger partial charge in [0, 0.05) is 29.7 Å². The topological polar surface area (TPSA) is 26.3 Å². The number of carbonyl (C=O) groups is 1. The van der Waals surface area contributed by atoms with Crippen molar-refractivity contribution in [2.24, 2.45) is 5.92 Å². The molecule has 0 spiro atoms.